The van der Waals surface area contributed by atoms with E-state index in [2.05, 4.69) is 4.90 Å². The van der Waals surface area contributed by atoms with Crippen molar-refractivity contribution in [2.24, 2.45) is 0 Å². The zero-order valence-corrected chi connectivity index (χ0v) is 14.8. The van der Waals surface area contributed by atoms with Crippen LogP contribution < -0.4 is 0 Å². The Labute approximate surface area is 147 Å². The minimum atomic E-state index is -0.602. The lowest BCUT2D eigenvalue weighted by molar-refractivity contribution is -0.0708. The third-order valence-electron chi connectivity index (χ3n) is 4.76. The molecule has 0 bridgehead atoms. The molecule has 1 aromatic carbocycles. The summed E-state index contributed by atoms with van der Waals surface area (Å²) in [6.45, 7) is 4.23. The molecule has 0 amide bonds. The van der Waals surface area contributed by atoms with Crippen LogP contribution in [0.1, 0.15) is 30.7 Å². The van der Waals surface area contributed by atoms with Crippen molar-refractivity contribution in [2.45, 2.75) is 30.8 Å². The molecule has 2 fully saturated rings. The van der Waals surface area contributed by atoms with Crippen LogP contribution in [0.15, 0.2) is 18.2 Å². The van der Waals surface area contributed by atoms with Gasteiger partial charge in [-0.2, -0.15) is 0 Å². The summed E-state index contributed by atoms with van der Waals surface area (Å²) in [5, 5.41) is 12.0. The second-order valence-corrected chi connectivity index (χ2v) is 6.91. The number of hydrogen-bond acceptors (Lipinski definition) is 3. The molecule has 1 aliphatic heterocycles. The average molecular weight is 367 g/mol. The normalized spacial score (nSPS) is 22.5. The highest BCUT2D eigenvalue weighted by atomic mass is 35.5. The number of nitrogens with zero attached hydrogens (tertiary/aromatic N) is 1. The van der Waals surface area contributed by atoms with Gasteiger partial charge in [-0.3, -0.25) is 4.90 Å². The topological polar surface area (TPSA) is 32.7 Å². The van der Waals surface area contributed by atoms with E-state index >= 15 is 0 Å². The smallest absolute Gasteiger partial charge is 0.0728 e. The number of rotatable bonds is 4. The Balaban J connectivity index is 0.00000176. The third-order valence-corrected chi connectivity index (χ3v) is 5.50. The van der Waals surface area contributed by atoms with Crippen LogP contribution in [-0.2, 0) is 4.74 Å². The zero-order chi connectivity index (χ0) is 14.9. The van der Waals surface area contributed by atoms with E-state index in [-0.39, 0.29) is 18.3 Å². The van der Waals surface area contributed by atoms with Gasteiger partial charge in [0.25, 0.3) is 0 Å². The summed E-state index contributed by atoms with van der Waals surface area (Å²) in [5.41, 5.74) is 0.480. The number of ether oxygens (including phenoxy) is 1. The van der Waals surface area contributed by atoms with E-state index in [9.17, 15) is 5.11 Å². The standard InChI is InChI=1S/C16H21Cl2NO2.ClH/c17-14-3-2-12(10-15(14)18)13(16(20)4-1-5-16)11-19-6-8-21-9-7-19;/h2-3,10,13,20H,1,4-9,11H2;1H. The highest BCUT2D eigenvalue weighted by Crippen LogP contribution is 2.44. The van der Waals surface area contributed by atoms with Gasteiger partial charge in [0.1, 0.15) is 0 Å². The lowest BCUT2D eigenvalue weighted by Crippen LogP contribution is -2.49. The quantitative estimate of drug-likeness (QED) is 0.881. The molecule has 3 rings (SSSR count). The second kappa shape index (κ2) is 7.69. The van der Waals surface area contributed by atoms with Gasteiger partial charge in [0.05, 0.1) is 28.9 Å². The van der Waals surface area contributed by atoms with Gasteiger partial charge < -0.3 is 9.84 Å². The Kier molecular flexibility index (Phi) is 6.40. The molecule has 0 radical (unpaired) electrons. The Morgan fingerprint density at radius 3 is 2.41 bits per heavy atom. The fourth-order valence-electron chi connectivity index (χ4n) is 3.24. The predicted octanol–water partition coefficient (Wildman–Crippen LogP) is 3.75. The van der Waals surface area contributed by atoms with Gasteiger partial charge in [-0.05, 0) is 37.0 Å². The molecule has 22 heavy (non-hydrogen) atoms. The summed E-state index contributed by atoms with van der Waals surface area (Å²) in [7, 11) is 0. The Morgan fingerprint density at radius 2 is 1.86 bits per heavy atom. The summed E-state index contributed by atoms with van der Waals surface area (Å²) >= 11 is 12.2. The van der Waals surface area contributed by atoms with Gasteiger partial charge in [0, 0.05) is 25.6 Å². The molecular weight excluding hydrogens is 345 g/mol. The molecule has 1 heterocycles. The summed E-state index contributed by atoms with van der Waals surface area (Å²) in [4.78, 5) is 2.37. The van der Waals surface area contributed by atoms with Crippen molar-refractivity contribution in [3.63, 3.8) is 0 Å². The molecular formula is C16H22Cl3NO2. The van der Waals surface area contributed by atoms with Crippen LogP contribution in [0.4, 0.5) is 0 Å². The maximum atomic E-state index is 10.9. The second-order valence-electron chi connectivity index (χ2n) is 6.10. The van der Waals surface area contributed by atoms with E-state index in [1.54, 1.807) is 0 Å². The van der Waals surface area contributed by atoms with Gasteiger partial charge in [0.15, 0.2) is 0 Å². The first kappa shape index (κ1) is 18.3. The highest BCUT2D eigenvalue weighted by Gasteiger charge is 2.43. The number of hydrogen-bond donors (Lipinski definition) is 1. The van der Waals surface area contributed by atoms with Crippen LogP contribution in [0, 0.1) is 0 Å². The fraction of sp³-hybridized carbons (Fsp3) is 0.625. The van der Waals surface area contributed by atoms with Crippen molar-refractivity contribution in [1.82, 2.24) is 4.90 Å². The Morgan fingerprint density at radius 1 is 1.18 bits per heavy atom. The van der Waals surface area contributed by atoms with E-state index in [0.29, 0.717) is 10.0 Å². The van der Waals surface area contributed by atoms with Crippen molar-refractivity contribution >= 4 is 35.6 Å². The SMILES string of the molecule is Cl.OC1(C(CN2CCOCC2)c2ccc(Cl)c(Cl)c2)CCC1. The number of benzene rings is 1. The number of aliphatic hydroxyl groups is 1. The first-order valence-electron chi connectivity index (χ1n) is 7.56. The van der Waals surface area contributed by atoms with Gasteiger partial charge in [-0.15, -0.1) is 12.4 Å². The minimum absolute atomic E-state index is 0. The summed E-state index contributed by atoms with van der Waals surface area (Å²) < 4.78 is 5.41. The molecule has 0 aromatic heterocycles. The average Bonchev–Trinajstić information content (AvgIpc) is 2.46. The molecule has 1 atom stereocenters. The molecule has 0 spiro atoms. The molecule has 1 N–H and O–H groups in total. The Hall–Kier alpha value is -0.0300. The van der Waals surface area contributed by atoms with E-state index in [4.69, 9.17) is 27.9 Å². The fourth-order valence-corrected chi connectivity index (χ4v) is 3.55. The molecule has 1 unspecified atom stereocenters. The van der Waals surface area contributed by atoms with Crippen LogP contribution >= 0.6 is 35.6 Å². The van der Waals surface area contributed by atoms with Crippen LogP contribution in [-0.4, -0.2) is 48.5 Å². The van der Waals surface area contributed by atoms with E-state index in [1.807, 2.05) is 18.2 Å². The van der Waals surface area contributed by atoms with Crippen LogP contribution in [0.2, 0.25) is 10.0 Å². The summed E-state index contributed by atoms with van der Waals surface area (Å²) in [5.74, 6) is 0.0825. The van der Waals surface area contributed by atoms with Gasteiger partial charge in [-0.25, -0.2) is 0 Å². The van der Waals surface area contributed by atoms with Crippen LogP contribution in [0.5, 0.6) is 0 Å². The van der Waals surface area contributed by atoms with Gasteiger partial charge >= 0.3 is 0 Å². The lowest BCUT2D eigenvalue weighted by atomic mass is 9.68. The summed E-state index contributed by atoms with van der Waals surface area (Å²) in [6, 6.07) is 5.73. The minimum Gasteiger partial charge on any atom is -0.389 e. The molecule has 6 heteroatoms. The zero-order valence-electron chi connectivity index (χ0n) is 12.4. The molecule has 1 saturated heterocycles. The van der Waals surface area contributed by atoms with Crippen molar-refractivity contribution in [3.05, 3.63) is 33.8 Å². The maximum absolute atomic E-state index is 10.9. The lowest BCUT2D eigenvalue weighted by Gasteiger charge is -2.45. The third kappa shape index (κ3) is 3.89. The largest absolute Gasteiger partial charge is 0.389 e. The molecule has 1 aromatic rings. The molecule has 1 saturated carbocycles. The highest BCUT2D eigenvalue weighted by molar-refractivity contribution is 6.42. The molecule has 124 valence electrons. The number of halogens is 3. The molecule has 1 aliphatic carbocycles. The number of morpholine rings is 1. The maximum Gasteiger partial charge on any atom is 0.0728 e. The van der Waals surface area contributed by atoms with Crippen molar-refractivity contribution in [1.29, 1.82) is 0 Å². The van der Waals surface area contributed by atoms with Crippen LogP contribution in [0.25, 0.3) is 0 Å². The van der Waals surface area contributed by atoms with Crippen molar-refractivity contribution in [3.8, 4) is 0 Å². The predicted molar refractivity (Wildman–Crippen MR) is 92.5 cm³/mol. The van der Waals surface area contributed by atoms with Gasteiger partial charge in [-0.1, -0.05) is 29.3 Å². The van der Waals surface area contributed by atoms with E-state index in [1.165, 1.54) is 0 Å². The molecule has 2 aliphatic rings. The van der Waals surface area contributed by atoms with Crippen molar-refractivity contribution in [2.75, 3.05) is 32.8 Å². The van der Waals surface area contributed by atoms with E-state index < -0.39 is 5.60 Å². The summed E-state index contributed by atoms with van der Waals surface area (Å²) in [6.07, 6.45) is 2.82. The van der Waals surface area contributed by atoms with Crippen molar-refractivity contribution < 1.29 is 9.84 Å². The van der Waals surface area contributed by atoms with Gasteiger partial charge in [0.2, 0.25) is 0 Å². The van der Waals surface area contributed by atoms with E-state index in [0.717, 1.165) is 57.7 Å². The Bertz CT molecular complexity index is 502. The monoisotopic (exact) mass is 365 g/mol. The molecule has 3 nitrogen and oxygen atoms in total. The first-order valence-corrected chi connectivity index (χ1v) is 8.31. The first-order chi connectivity index (χ1) is 10.1. The van der Waals surface area contributed by atoms with Crippen LogP contribution in [0.3, 0.4) is 0 Å².